The van der Waals surface area contributed by atoms with E-state index in [-0.39, 0.29) is 5.82 Å². The molecule has 0 aliphatic heterocycles. The molecule has 1 aliphatic carbocycles. The van der Waals surface area contributed by atoms with Gasteiger partial charge < -0.3 is 5.32 Å². The molecular weight excluding hydrogens is 249 g/mol. The first kappa shape index (κ1) is 15.5. The second-order valence-electron chi connectivity index (χ2n) is 8.06. The van der Waals surface area contributed by atoms with Gasteiger partial charge in [0.05, 0.1) is 0 Å². The van der Waals surface area contributed by atoms with Crippen molar-refractivity contribution < 1.29 is 4.39 Å². The van der Waals surface area contributed by atoms with E-state index in [1.165, 1.54) is 25.3 Å². The Morgan fingerprint density at radius 1 is 1.15 bits per heavy atom. The monoisotopic (exact) mass is 277 g/mol. The largest absolute Gasteiger partial charge is 0.310 e. The summed E-state index contributed by atoms with van der Waals surface area (Å²) in [6, 6.07) is 5.57. The molecule has 1 N–H and O–H groups in total. The summed E-state index contributed by atoms with van der Waals surface area (Å²) >= 11 is 0. The minimum atomic E-state index is -0.142. The van der Waals surface area contributed by atoms with Crippen molar-refractivity contribution >= 4 is 0 Å². The Bertz CT molecular complexity index is 460. The van der Waals surface area contributed by atoms with E-state index in [1.54, 1.807) is 6.07 Å². The van der Waals surface area contributed by atoms with Crippen LogP contribution in [0.2, 0.25) is 0 Å². The van der Waals surface area contributed by atoms with E-state index in [0.29, 0.717) is 16.9 Å². The lowest BCUT2D eigenvalue weighted by molar-refractivity contribution is 0.0844. The fraction of sp³-hybridized carbons (Fsp3) is 0.667. The number of rotatable bonds is 3. The van der Waals surface area contributed by atoms with Crippen LogP contribution in [0.3, 0.4) is 0 Å². The summed E-state index contributed by atoms with van der Waals surface area (Å²) in [6.45, 7) is 12.2. The summed E-state index contributed by atoms with van der Waals surface area (Å²) in [4.78, 5) is 0. The van der Waals surface area contributed by atoms with Crippen molar-refractivity contribution in [3.8, 4) is 0 Å². The van der Waals surface area contributed by atoms with Crippen LogP contribution in [-0.2, 0) is 6.54 Å². The average molecular weight is 277 g/mol. The summed E-state index contributed by atoms with van der Waals surface area (Å²) in [5.41, 5.74) is 3.01. The molecule has 1 aliphatic rings. The zero-order valence-corrected chi connectivity index (χ0v) is 13.5. The van der Waals surface area contributed by atoms with Gasteiger partial charge in [0.25, 0.3) is 0 Å². The van der Waals surface area contributed by atoms with Gasteiger partial charge in [-0.15, -0.1) is 0 Å². The molecule has 0 spiro atoms. The molecular formula is C18H28FN. The molecule has 0 atom stereocenters. The van der Waals surface area contributed by atoms with Gasteiger partial charge in [0, 0.05) is 12.6 Å². The van der Waals surface area contributed by atoms with Crippen LogP contribution < -0.4 is 5.32 Å². The summed E-state index contributed by atoms with van der Waals surface area (Å²) in [7, 11) is 0. The third kappa shape index (κ3) is 4.05. The van der Waals surface area contributed by atoms with E-state index in [4.69, 9.17) is 0 Å². The van der Waals surface area contributed by atoms with Gasteiger partial charge in [-0.05, 0) is 60.3 Å². The van der Waals surface area contributed by atoms with E-state index in [0.717, 1.165) is 17.7 Å². The van der Waals surface area contributed by atoms with Crippen LogP contribution in [0.1, 0.15) is 58.1 Å². The normalized spacial score (nSPS) is 21.9. The molecule has 20 heavy (non-hydrogen) atoms. The minimum absolute atomic E-state index is 0.142. The third-order valence-corrected chi connectivity index (χ3v) is 4.45. The highest BCUT2D eigenvalue weighted by atomic mass is 19.1. The number of aryl methyl sites for hydroxylation is 1. The Morgan fingerprint density at radius 3 is 2.35 bits per heavy atom. The summed E-state index contributed by atoms with van der Waals surface area (Å²) < 4.78 is 13.3. The fourth-order valence-electron chi connectivity index (χ4n) is 4.08. The van der Waals surface area contributed by atoms with E-state index in [2.05, 4.69) is 33.0 Å². The fourth-order valence-corrected chi connectivity index (χ4v) is 4.08. The Hall–Kier alpha value is -0.890. The molecule has 0 saturated heterocycles. The predicted octanol–water partition coefficient (Wildman–Crippen LogP) is 4.83. The molecule has 0 radical (unpaired) electrons. The molecule has 0 amide bonds. The second kappa shape index (κ2) is 5.48. The topological polar surface area (TPSA) is 12.0 Å². The molecule has 0 unspecified atom stereocenters. The number of hydrogen-bond acceptors (Lipinski definition) is 1. The lowest BCUT2D eigenvalue weighted by Crippen LogP contribution is -2.43. The van der Waals surface area contributed by atoms with E-state index in [9.17, 15) is 4.39 Å². The minimum Gasteiger partial charge on any atom is -0.310 e. The molecule has 1 aromatic rings. The SMILES string of the molecule is Cc1ccc(F)cc1CNC1CC(C)(C)CC(C)(C)C1. The highest BCUT2D eigenvalue weighted by Gasteiger charge is 2.38. The maximum atomic E-state index is 13.3. The maximum absolute atomic E-state index is 13.3. The van der Waals surface area contributed by atoms with Crippen LogP contribution in [0, 0.1) is 23.6 Å². The van der Waals surface area contributed by atoms with Gasteiger partial charge in [-0.25, -0.2) is 4.39 Å². The molecule has 1 fully saturated rings. The van der Waals surface area contributed by atoms with Gasteiger partial charge in [0.1, 0.15) is 5.82 Å². The summed E-state index contributed by atoms with van der Waals surface area (Å²) in [6.07, 6.45) is 3.67. The zero-order chi connectivity index (χ0) is 15.0. The first-order chi connectivity index (χ1) is 9.17. The third-order valence-electron chi connectivity index (χ3n) is 4.45. The van der Waals surface area contributed by atoms with Crippen molar-refractivity contribution in [3.63, 3.8) is 0 Å². The molecule has 1 nitrogen and oxygen atoms in total. The maximum Gasteiger partial charge on any atom is 0.123 e. The average Bonchev–Trinajstić information content (AvgIpc) is 2.26. The van der Waals surface area contributed by atoms with Crippen LogP contribution in [0.4, 0.5) is 4.39 Å². The van der Waals surface area contributed by atoms with Gasteiger partial charge >= 0.3 is 0 Å². The van der Waals surface area contributed by atoms with Crippen LogP contribution >= 0.6 is 0 Å². The van der Waals surface area contributed by atoms with E-state index in [1.807, 2.05) is 13.0 Å². The van der Waals surface area contributed by atoms with Crippen molar-refractivity contribution in [2.75, 3.05) is 0 Å². The number of hydrogen-bond donors (Lipinski definition) is 1. The molecule has 2 heteroatoms. The Labute approximate surface area is 123 Å². The Morgan fingerprint density at radius 2 is 1.75 bits per heavy atom. The van der Waals surface area contributed by atoms with Crippen molar-refractivity contribution in [1.29, 1.82) is 0 Å². The van der Waals surface area contributed by atoms with Crippen LogP contribution in [0.15, 0.2) is 18.2 Å². The standard InChI is InChI=1S/C18H28FN/c1-13-6-7-15(19)8-14(13)11-20-16-9-17(2,3)12-18(4,5)10-16/h6-8,16,20H,9-12H2,1-5H3. The van der Waals surface area contributed by atoms with Crippen LogP contribution in [-0.4, -0.2) is 6.04 Å². The zero-order valence-electron chi connectivity index (χ0n) is 13.5. The van der Waals surface area contributed by atoms with Crippen LogP contribution in [0.5, 0.6) is 0 Å². The smallest absolute Gasteiger partial charge is 0.123 e. The molecule has 112 valence electrons. The quantitative estimate of drug-likeness (QED) is 0.834. The first-order valence-corrected chi connectivity index (χ1v) is 7.65. The molecule has 1 saturated carbocycles. The Kier molecular flexibility index (Phi) is 4.24. The summed E-state index contributed by atoms with van der Waals surface area (Å²) in [5, 5.41) is 3.65. The van der Waals surface area contributed by atoms with Crippen molar-refractivity contribution in [2.24, 2.45) is 10.8 Å². The predicted molar refractivity (Wildman–Crippen MR) is 83.2 cm³/mol. The van der Waals surface area contributed by atoms with Gasteiger partial charge in [-0.3, -0.25) is 0 Å². The summed E-state index contributed by atoms with van der Waals surface area (Å²) in [5.74, 6) is -0.142. The van der Waals surface area contributed by atoms with Crippen molar-refractivity contribution in [2.45, 2.75) is 66.5 Å². The number of nitrogens with one attached hydrogen (secondary N) is 1. The van der Waals surface area contributed by atoms with Crippen molar-refractivity contribution in [3.05, 3.63) is 35.1 Å². The molecule has 0 aromatic heterocycles. The highest BCUT2D eigenvalue weighted by Crippen LogP contribution is 2.45. The molecule has 2 rings (SSSR count). The van der Waals surface area contributed by atoms with Gasteiger partial charge in [0.2, 0.25) is 0 Å². The lowest BCUT2D eigenvalue weighted by atomic mass is 9.63. The highest BCUT2D eigenvalue weighted by molar-refractivity contribution is 5.26. The second-order valence-corrected chi connectivity index (χ2v) is 8.06. The van der Waals surface area contributed by atoms with E-state index < -0.39 is 0 Å². The lowest BCUT2D eigenvalue weighted by Gasteiger charge is -2.45. The number of benzene rings is 1. The number of halogens is 1. The van der Waals surface area contributed by atoms with Gasteiger partial charge in [0.15, 0.2) is 0 Å². The van der Waals surface area contributed by atoms with Gasteiger partial charge in [-0.1, -0.05) is 33.8 Å². The molecule has 0 heterocycles. The van der Waals surface area contributed by atoms with Crippen molar-refractivity contribution in [1.82, 2.24) is 5.32 Å². The molecule has 0 bridgehead atoms. The van der Waals surface area contributed by atoms with Crippen LogP contribution in [0.25, 0.3) is 0 Å². The van der Waals surface area contributed by atoms with Gasteiger partial charge in [-0.2, -0.15) is 0 Å². The van der Waals surface area contributed by atoms with E-state index >= 15 is 0 Å². The molecule has 1 aromatic carbocycles. The first-order valence-electron chi connectivity index (χ1n) is 7.65. The Balaban J connectivity index is 2.01.